The van der Waals surface area contributed by atoms with E-state index in [9.17, 15) is 0 Å². The van der Waals surface area contributed by atoms with Gasteiger partial charge in [-0.2, -0.15) is 0 Å². The molecule has 0 radical (unpaired) electrons. The van der Waals surface area contributed by atoms with E-state index in [2.05, 4.69) is 16.8 Å². The number of hydrogen-bond donors (Lipinski definition) is 2. The Kier molecular flexibility index (Phi) is 3.27. The standard InChI is InChI=1S/C9H11N3/c10-5-1-3-8-4-2-6-12-9(8)7-11/h2,4,6H,5,7,10-11H2. The van der Waals surface area contributed by atoms with Crippen LogP contribution in [0.3, 0.4) is 0 Å². The minimum absolute atomic E-state index is 0.360. The molecule has 0 aliphatic rings. The molecule has 0 aromatic carbocycles. The molecule has 0 unspecified atom stereocenters. The Morgan fingerprint density at radius 1 is 1.42 bits per heavy atom. The summed E-state index contributed by atoms with van der Waals surface area (Å²) in [4.78, 5) is 4.08. The van der Waals surface area contributed by atoms with E-state index < -0.39 is 0 Å². The molecule has 0 amide bonds. The molecule has 0 saturated heterocycles. The highest BCUT2D eigenvalue weighted by molar-refractivity contribution is 5.37. The van der Waals surface area contributed by atoms with E-state index in [1.165, 1.54) is 0 Å². The van der Waals surface area contributed by atoms with Crippen molar-refractivity contribution in [2.75, 3.05) is 6.54 Å². The van der Waals surface area contributed by atoms with Crippen LogP contribution in [0, 0.1) is 11.8 Å². The van der Waals surface area contributed by atoms with E-state index in [0.29, 0.717) is 13.1 Å². The lowest BCUT2D eigenvalue weighted by atomic mass is 10.2. The first-order valence-corrected chi connectivity index (χ1v) is 3.71. The van der Waals surface area contributed by atoms with Gasteiger partial charge in [-0.15, -0.1) is 0 Å². The highest BCUT2D eigenvalue weighted by Gasteiger charge is 1.95. The average molecular weight is 161 g/mol. The van der Waals surface area contributed by atoms with Gasteiger partial charge in [-0.1, -0.05) is 11.8 Å². The van der Waals surface area contributed by atoms with E-state index in [1.54, 1.807) is 6.20 Å². The molecule has 4 N–H and O–H groups in total. The SMILES string of the molecule is NCC#Cc1cccnc1CN. The lowest BCUT2D eigenvalue weighted by molar-refractivity contribution is 0.983. The summed E-state index contributed by atoms with van der Waals surface area (Å²) in [7, 11) is 0. The molecular weight excluding hydrogens is 150 g/mol. The molecule has 1 rings (SSSR count). The van der Waals surface area contributed by atoms with Crippen LogP contribution >= 0.6 is 0 Å². The van der Waals surface area contributed by atoms with Gasteiger partial charge in [-0.05, 0) is 12.1 Å². The van der Waals surface area contributed by atoms with E-state index in [1.807, 2.05) is 12.1 Å². The van der Waals surface area contributed by atoms with Crippen LogP contribution in [0.2, 0.25) is 0 Å². The summed E-state index contributed by atoms with van der Waals surface area (Å²) < 4.78 is 0. The maximum Gasteiger partial charge on any atom is 0.0695 e. The summed E-state index contributed by atoms with van der Waals surface area (Å²) in [6, 6.07) is 3.72. The zero-order valence-corrected chi connectivity index (χ0v) is 6.75. The fourth-order valence-corrected chi connectivity index (χ4v) is 0.861. The molecule has 62 valence electrons. The van der Waals surface area contributed by atoms with Gasteiger partial charge in [0.05, 0.1) is 12.2 Å². The average Bonchev–Trinajstić information content (AvgIpc) is 2.15. The molecule has 0 fully saturated rings. The molecule has 1 aromatic heterocycles. The monoisotopic (exact) mass is 161 g/mol. The normalized spacial score (nSPS) is 8.83. The van der Waals surface area contributed by atoms with Gasteiger partial charge in [0, 0.05) is 18.3 Å². The van der Waals surface area contributed by atoms with Gasteiger partial charge in [0.25, 0.3) is 0 Å². The molecule has 3 nitrogen and oxygen atoms in total. The molecule has 3 heteroatoms. The predicted octanol–water partition coefficient (Wildman–Crippen LogP) is -0.149. The van der Waals surface area contributed by atoms with Crippen LogP contribution in [0.5, 0.6) is 0 Å². The van der Waals surface area contributed by atoms with Crippen LogP contribution in [-0.4, -0.2) is 11.5 Å². The molecule has 0 aliphatic heterocycles. The Bertz CT molecular complexity index is 309. The van der Waals surface area contributed by atoms with Crippen molar-refractivity contribution >= 4 is 0 Å². The van der Waals surface area contributed by atoms with E-state index >= 15 is 0 Å². The molecule has 0 spiro atoms. The van der Waals surface area contributed by atoms with Gasteiger partial charge in [-0.3, -0.25) is 4.98 Å². The second kappa shape index (κ2) is 4.50. The Hall–Kier alpha value is -1.37. The predicted molar refractivity (Wildman–Crippen MR) is 48.1 cm³/mol. The number of pyridine rings is 1. The fraction of sp³-hybridized carbons (Fsp3) is 0.222. The highest BCUT2D eigenvalue weighted by atomic mass is 14.7. The van der Waals surface area contributed by atoms with Crippen molar-refractivity contribution in [1.29, 1.82) is 0 Å². The molecule has 0 atom stereocenters. The van der Waals surface area contributed by atoms with Crippen molar-refractivity contribution in [3.8, 4) is 11.8 Å². The third-order valence-electron chi connectivity index (χ3n) is 1.41. The minimum atomic E-state index is 0.360. The molecule has 0 aliphatic carbocycles. The summed E-state index contributed by atoms with van der Waals surface area (Å²) in [6.07, 6.45) is 1.70. The van der Waals surface area contributed by atoms with Crippen LogP contribution in [0.15, 0.2) is 18.3 Å². The third kappa shape index (κ3) is 2.06. The lowest BCUT2D eigenvalue weighted by Crippen LogP contribution is -2.02. The fourth-order valence-electron chi connectivity index (χ4n) is 0.861. The second-order valence-corrected chi connectivity index (χ2v) is 2.21. The van der Waals surface area contributed by atoms with Crippen molar-refractivity contribution in [3.63, 3.8) is 0 Å². The van der Waals surface area contributed by atoms with E-state index in [4.69, 9.17) is 11.5 Å². The summed E-state index contributed by atoms with van der Waals surface area (Å²) in [6.45, 7) is 0.772. The molecule has 0 saturated carbocycles. The van der Waals surface area contributed by atoms with Crippen LogP contribution in [0.25, 0.3) is 0 Å². The van der Waals surface area contributed by atoms with E-state index in [0.717, 1.165) is 11.3 Å². The first kappa shape index (κ1) is 8.72. The highest BCUT2D eigenvalue weighted by Crippen LogP contribution is 2.01. The van der Waals surface area contributed by atoms with Gasteiger partial charge >= 0.3 is 0 Å². The van der Waals surface area contributed by atoms with Crippen molar-refractivity contribution < 1.29 is 0 Å². The van der Waals surface area contributed by atoms with Crippen molar-refractivity contribution in [1.82, 2.24) is 4.98 Å². The number of nitrogens with two attached hydrogens (primary N) is 2. The topological polar surface area (TPSA) is 64.9 Å². The van der Waals surface area contributed by atoms with Crippen molar-refractivity contribution in [2.45, 2.75) is 6.54 Å². The molecule has 0 bridgehead atoms. The van der Waals surface area contributed by atoms with Gasteiger partial charge in [0.2, 0.25) is 0 Å². The maximum atomic E-state index is 5.46. The van der Waals surface area contributed by atoms with Crippen LogP contribution < -0.4 is 11.5 Å². The lowest BCUT2D eigenvalue weighted by Gasteiger charge is -1.97. The Balaban J connectivity index is 2.97. The first-order chi connectivity index (χ1) is 5.88. The van der Waals surface area contributed by atoms with Crippen LogP contribution in [0.4, 0.5) is 0 Å². The molecule has 1 aromatic rings. The molecule has 12 heavy (non-hydrogen) atoms. The molecule has 1 heterocycles. The second-order valence-electron chi connectivity index (χ2n) is 2.21. The third-order valence-corrected chi connectivity index (χ3v) is 1.41. The van der Waals surface area contributed by atoms with E-state index in [-0.39, 0.29) is 0 Å². The maximum absolute atomic E-state index is 5.46. The van der Waals surface area contributed by atoms with Crippen LogP contribution in [-0.2, 0) is 6.54 Å². The van der Waals surface area contributed by atoms with Gasteiger partial charge in [0.15, 0.2) is 0 Å². The minimum Gasteiger partial charge on any atom is -0.325 e. The summed E-state index contributed by atoms with van der Waals surface area (Å²) in [5.41, 5.74) is 12.4. The van der Waals surface area contributed by atoms with Gasteiger partial charge in [0.1, 0.15) is 0 Å². The van der Waals surface area contributed by atoms with Gasteiger partial charge < -0.3 is 11.5 Å². The smallest absolute Gasteiger partial charge is 0.0695 e. The Morgan fingerprint density at radius 2 is 2.25 bits per heavy atom. The number of aromatic nitrogens is 1. The first-order valence-electron chi connectivity index (χ1n) is 3.71. The Labute approximate surface area is 71.8 Å². The van der Waals surface area contributed by atoms with Crippen LogP contribution in [0.1, 0.15) is 11.3 Å². The molecular formula is C9H11N3. The summed E-state index contributed by atoms with van der Waals surface area (Å²) in [5, 5.41) is 0. The zero-order valence-electron chi connectivity index (χ0n) is 6.75. The quantitative estimate of drug-likeness (QED) is 0.563. The van der Waals surface area contributed by atoms with Gasteiger partial charge in [-0.25, -0.2) is 0 Å². The summed E-state index contributed by atoms with van der Waals surface area (Å²) >= 11 is 0. The number of nitrogens with zero attached hydrogens (tertiary/aromatic N) is 1. The number of rotatable bonds is 1. The van der Waals surface area contributed by atoms with Crippen molar-refractivity contribution in [2.24, 2.45) is 11.5 Å². The summed E-state index contributed by atoms with van der Waals surface area (Å²) in [5.74, 6) is 5.67. The Morgan fingerprint density at radius 3 is 2.92 bits per heavy atom. The zero-order chi connectivity index (χ0) is 8.81. The number of hydrogen-bond acceptors (Lipinski definition) is 3. The van der Waals surface area contributed by atoms with Crippen molar-refractivity contribution in [3.05, 3.63) is 29.6 Å². The largest absolute Gasteiger partial charge is 0.325 e.